The molecule has 24 nitrogen and oxygen atoms in total. The summed E-state index contributed by atoms with van der Waals surface area (Å²) >= 11 is 31.2. The molecule has 4 aliphatic heterocycles. The molecule has 0 aromatic heterocycles. The maximum atomic E-state index is 12.6. The van der Waals surface area contributed by atoms with Gasteiger partial charge in [0.05, 0.1) is 110 Å². The van der Waals surface area contributed by atoms with Crippen molar-refractivity contribution in [2.24, 2.45) is 5.41 Å². The molecule has 36 heteroatoms. The zero-order valence-electron chi connectivity index (χ0n) is 49.0. The Morgan fingerprint density at radius 1 is 0.326 bits per heavy atom. The highest BCUT2D eigenvalue weighted by molar-refractivity contribution is 8.24. The number of carbonyl (C=O) groups is 8. The van der Waals surface area contributed by atoms with E-state index in [0.717, 1.165) is 0 Å². The van der Waals surface area contributed by atoms with Crippen molar-refractivity contribution in [2.45, 2.75) is 75.8 Å². The second kappa shape index (κ2) is 49.5. The Balaban J connectivity index is 1.22. The van der Waals surface area contributed by atoms with Crippen LogP contribution >= 0.6 is 143 Å². The molecule has 4 rings (SSSR count). The van der Waals surface area contributed by atoms with Crippen LogP contribution in [0.1, 0.15) is 51.4 Å². The van der Waals surface area contributed by atoms with Crippen LogP contribution in [0.4, 0.5) is 0 Å². The molecular weight excluding hydrogens is 1410 g/mol. The van der Waals surface area contributed by atoms with E-state index in [1.807, 2.05) is 0 Å². The molecule has 0 N–H and O–H groups in total. The van der Waals surface area contributed by atoms with Gasteiger partial charge in [-0.05, 0) is 48.9 Å². The maximum absolute atomic E-state index is 12.6. The number of thiocarbonyl (C=S) groups is 4. The molecule has 89 heavy (non-hydrogen) atoms. The minimum absolute atomic E-state index is 0.0256. The lowest BCUT2D eigenvalue weighted by Gasteiger charge is -2.33. The monoisotopic (exact) mass is 1480 g/mol. The lowest BCUT2D eigenvalue weighted by atomic mass is 9.92. The molecule has 0 aromatic carbocycles. The molecule has 4 aliphatic rings. The molecule has 0 bridgehead atoms. The summed E-state index contributed by atoms with van der Waals surface area (Å²) in [7, 11) is 0. The Hall–Kier alpha value is -2.04. The average molecular weight is 1480 g/mol. The quantitative estimate of drug-likeness (QED) is 0.0287. The molecule has 0 amide bonds. The summed E-state index contributed by atoms with van der Waals surface area (Å²) in [5.41, 5.74) is -1.07. The number of ether oxygens (including phenoxy) is 16. The van der Waals surface area contributed by atoms with E-state index in [9.17, 15) is 38.4 Å². The standard InChI is InChI=1S/C53H76O24S12/c54-41(1-17-82-21-5-45(58)70-25-37-29-86-49(78)74-37)66-13-9-62-33-53(34-63-10-14-67-42(55)2-18-83-22-6-46(59)71-26-38-30-87-50(79)75-38,35-64-11-15-68-43(56)3-19-84-23-7-47(60)72-27-39-31-88-51(80)76-39)36-65-12-16-69-44(57)4-20-85-24-8-48(61)73-28-40-32-89-52(81)77-40/h37-40H,1-36H2. The molecule has 4 saturated heterocycles. The first-order valence-corrected chi connectivity index (χ1v) is 38.4. The van der Waals surface area contributed by atoms with Crippen molar-refractivity contribution in [3.05, 3.63) is 0 Å². The van der Waals surface area contributed by atoms with Gasteiger partial charge in [-0.25, -0.2) is 0 Å². The van der Waals surface area contributed by atoms with Gasteiger partial charge in [0.1, 0.15) is 77.3 Å². The molecular formula is C53H76O24S12. The predicted octanol–water partition coefficient (Wildman–Crippen LogP) is 6.11. The highest BCUT2D eigenvalue weighted by atomic mass is 32.2. The third-order valence-electron chi connectivity index (χ3n) is 11.5. The number of carbonyl (C=O) groups excluding carboxylic acids is 8. The van der Waals surface area contributed by atoms with Crippen LogP contribution < -0.4 is 0 Å². The van der Waals surface area contributed by atoms with E-state index in [4.69, 9.17) is 125 Å². The number of rotatable bonds is 52. The van der Waals surface area contributed by atoms with Crippen LogP contribution in [-0.4, -0.2) is 264 Å². The van der Waals surface area contributed by atoms with Gasteiger partial charge in [-0.2, -0.15) is 47.0 Å². The Kier molecular flexibility index (Phi) is 44.2. The molecule has 504 valence electrons. The zero-order chi connectivity index (χ0) is 64.2. The van der Waals surface area contributed by atoms with Gasteiger partial charge in [0.15, 0.2) is 0 Å². The summed E-state index contributed by atoms with van der Waals surface area (Å²) in [4.78, 5) is 99.1. The Bertz CT molecular complexity index is 1940. The van der Waals surface area contributed by atoms with E-state index in [2.05, 4.69) is 0 Å². The Labute approximate surface area is 573 Å². The topological polar surface area (TPSA) is 284 Å². The summed E-state index contributed by atoms with van der Waals surface area (Å²) in [6.45, 7) is -0.176. The van der Waals surface area contributed by atoms with E-state index in [0.29, 0.717) is 86.6 Å². The first kappa shape index (κ1) is 79.4. The van der Waals surface area contributed by atoms with Crippen molar-refractivity contribution in [2.75, 3.05) is 175 Å². The molecule has 0 aliphatic carbocycles. The highest BCUT2D eigenvalue weighted by Crippen LogP contribution is 2.25. The van der Waals surface area contributed by atoms with Crippen molar-refractivity contribution in [1.82, 2.24) is 0 Å². The molecule has 0 saturated carbocycles. The average Bonchev–Trinajstić information content (AvgIpc) is 4.44. The minimum atomic E-state index is -1.07. The van der Waals surface area contributed by atoms with Gasteiger partial charge in [-0.1, -0.05) is 47.0 Å². The van der Waals surface area contributed by atoms with Crippen molar-refractivity contribution in [3.8, 4) is 0 Å². The number of esters is 8. The zero-order valence-corrected chi connectivity index (χ0v) is 58.8. The molecule has 0 spiro atoms. The number of hydrogen-bond donors (Lipinski definition) is 0. The van der Waals surface area contributed by atoms with E-state index in [1.54, 1.807) is 0 Å². The molecule has 0 radical (unpaired) electrons. The fourth-order valence-electron chi connectivity index (χ4n) is 7.02. The van der Waals surface area contributed by atoms with Crippen LogP contribution in [-0.2, 0) is 114 Å². The van der Waals surface area contributed by atoms with Gasteiger partial charge in [0, 0.05) is 69.0 Å². The molecule has 0 aromatic rings. The van der Waals surface area contributed by atoms with Crippen LogP contribution in [0.15, 0.2) is 0 Å². The SMILES string of the molecule is O=C(CCSCCC(=O)OCC1CSC(=S)O1)OCCOCC(COCCOC(=O)CCSCCC(=O)OCC1CSC(=S)O1)(COCCOC(=O)CCSCCC(=O)OCC1CSC(=S)O1)COCCOC(=O)CCSCCC(=O)OCC1CSC(=S)O1. The second-order valence-corrected chi connectivity index (χ2v) is 30.4. The first-order chi connectivity index (χ1) is 43.0. The van der Waals surface area contributed by atoms with Crippen molar-refractivity contribution in [1.29, 1.82) is 0 Å². The Morgan fingerprint density at radius 3 is 0.697 bits per heavy atom. The van der Waals surface area contributed by atoms with Crippen LogP contribution in [0.3, 0.4) is 0 Å². The van der Waals surface area contributed by atoms with E-state index < -0.39 is 29.3 Å². The third kappa shape index (κ3) is 40.7. The summed E-state index contributed by atoms with van der Waals surface area (Å²) in [6.07, 6.45) is 0.0323. The van der Waals surface area contributed by atoms with Gasteiger partial charge in [0.2, 0.25) is 17.5 Å². The fraction of sp³-hybridized carbons (Fsp3) is 0.774. The van der Waals surface area contributed by atoms with Gasteiger partial charge in [0.25, 0.3) is 0 Å². The largest absolute Gasteiger partial charge is 0.471 e. The van der Waals surface area contributed by atoms with Crippen LogP contribution in [0.5, 0.6) is 0 Å². The summed E-state index contributed by atoms with van der Waals surface area (Å²) in [5, 5.41) is 0. The maximum Gasteiger partial charge on any atom is 0.306 e. The van der Waals surface area contributed by atoms with Crippen molar-refractivity contribution < 1.29 is 114 Å². The van der Waals surface area contributed by atoms with Gasteiger partial charge in [-0.15, -0.1) is 0 Å². The lowest BCUT2D eigenvalue weighted by Crippen LogP contribution is -2.43. The lowest BCUT2D eigenvalue weighted by molar-refractivity contribution is -0.151. The molecule has 4 fully saturated rings. The minimum Gasteiger partial charge on any atom is -0.471 e. The third-order valence-corrected chi connectivity index (χ3v) is 20.7. The second-order valence-electron chi connectivity index (χ2n) is 19.0. The summed E-state index contributed by atoms with van der Waals surface area (Å²) in [5.74, 6) is 2.65. The van der Waals surface area contributed by atoms with Crippen LogP contribution in [0.2, 0.25) is 0 Å². The summed E-state index contributed by atoms with van der Waals surface area (Å²) in [6, 6.07) is 0. The molecule has 4 unspecified atom stereocenters. The van der Waals surface area contributed by atoms with E-state index >= 15 is 0 Å². The van der Waals surface area contributed by atoms with Crippen LogP contribution in [0, 0.1) is 5.41 Å². The number of thioether (sulfide) groups is 8. The van der Waals surface area contributed by atoms with E-state index in [1.165, 1.54) is 94.1 Å². The normalized spacial score (nSPS) is 18.4. The fourth-order valence-corrected chi connectivity index (χ4v) is 14.5. The van der Waals surface area contributed by atoms with E-state index in [-0.39, 0.29) is 205 Å². The summed E-state index contributed by atoms with van der Waals surface area (Å²) < 4.78 is 90.2. The first-order valence-electron chi connectivity index (χ1n) is 28.2. The molecule has 4 atom stereocenters. The number of hydrogen-bond acceptors (Lipinski definition) is 36. The van der Waals surface area contributed by atoms with Crippen molar-refractivity contribution in [3.63, 3.8) is 0 Å². The highest BCUT2D eigenvalue weighted by Gasteiger charge is 2.33. The van der Waals surface area contributed by atoms with Gasteiger partial charge < -0.3 is 75.8 Å². The smallest absolute Gasteiger partial charge is 0.306 e. The predicted molar refractivity (Wildman–Crippen MR) is 359 cm³/mol. The van der Waals surface area contributed by atoms with Gasteiger partial charge in [-0.3, -0.25) is 38.4 Å². The van der Waals surface area contributed by atoms with Crippen molar-refractivity contribution >= 4 is 208 Å². The van der Waals surface area contributed by atoms with Gasteiger partial charge >= 0.3 is 47.8 Å². The van der Waals surface area contributed by atoms with Crippen LogP contribution in [0.25, 0.3) is 0 Å². The Morgan fingerprint density at radius 2 is 0.517 bits per heavy atom. The molecule has 4 heterocycles.